The molecule has 1 atom stereocenters. The molecule has 1 rings (SSSR count). The van der Waals surface area contributed by atoms with Gasteiger partial charge in [0, 0.05) is 6.42 Å². The predicted molar refractivity (Wildman–Crippen MR) is 85.5 cm³/mol. The van der Waals surface area contributed by atoms with Crippen molar-refractivity contribution in [2.24, 2.45) is 11.8 Å². The molecule has 0 aromatic rings. The van der Waals surface area contributed by atoms with E-state index in [4.69, 9.17) is 4.74 Å². The Labute approximate surface area is 134 Å². The molecule has 1 heterocycles. The minimum absolute atomic E-state index is 0. The number of amides is 1. The summed E-state index contributed by atoms with van der Waals surface area (Å²) in [7, 11) is 0. The highest BCUT2D eigenvalue weighted by Crippen LogP contribution is 2.24. The standard InChI is InChI=1S/C15H28N2O3.ClH/c1-5-20-14(19)15(3,4)17-13(18)10-11(2)12-6-8-16-9-7-12;/h11-12,16H,5-10H2,1-4H3,(H,17,18);1H. The van der Waals surface area contributed by atoms with Crippen LogP contribution in [0.3, 0.4) is 0 Å². The van der Waals surface area contributed by atoms with Crippen molar-refractivity contribution in [2.75, 3.05) is 19.7 Å². The van der Waals surface area contributed by atoms with E-state index in [1.807, 2.05) is 0 Å². The van der Waals surface area contributed by atoms with Crippen LogP contribution in [0.5, 0.6) is 0 Å². The van der Waals surface area contributed by atoms with E-state index in [2.05, 4.69) is 17.6 Å². The second-order valence-electron chi connectivity index (χ2n) is 6.16. The zero-order valence-corrected chi connectivity index (χ0v) is 14.3. The van der Waals surface area contributed by atoms with E-state index >= 15 is 0 Å². The van der Waals surface area contributed by atoms with E-state index in [-0.39, 0.29) is 24.3 Å². The van der Waals surface area contributed by atoms with Crippen LogP contribution in [0.1, 0.15) is 47.0 Å². The van der Waals surface area contributed by atoms with Crippen LogP contribution in [-0.2, 0) is 14.3 Å². The molecule has 1 aliphatic rings. The summed E-state index contributed by atoms with van der Waals surface area (Å²) in [6.45, 7) is 9.62. The van der Waals surface area contributed by atoms with E-state index in [9.17, 15) is 9.59 Å². The molecule has 0 bridgehead atoms. The van der Waals surface area contributed by atoms with Crippen LogP contribution in [0.15, 0.2) is 0 Å². The molecule has 0 spiro atoms. The first kappa shape index (κ1) is 20.2. The number of esters is 1. The summed E-state index contributed by atoms with van der Waals surface area (Å²) in [5.41, 5.74) is -0.957. The number of carbonyl (C=O) groups is 2. The van der Waals surface area contributed by atoms with Crippen molar-refractivity contribution in [3.63, 3.8) is 0 Å². The molecule has 1 fully saturated rings. The maximum absolute atomic E-state index is 12.1. The summed E-state index contributed by atoms with van der Waals surface area (Å²) in [4.78, 5) is 23.8. The summed E-state index contributed by atoms with van der Waals surface area (Å²) in [6, 6.07) is 0. The Balaban J connectivity index is 0.00000400. The van der Waals surface area contributed by atoms with Gasteiger partial charge in [-0.15, -0.1) is 12.4 Å². The third kappa shape index (κ3) is 6.66. The van der Waals surface area contributed by atoms with Gasteiger partial charge in [-0.1, -0.05) is 6.92 Å². The summed E-state index contributed by atoms with van der Waals surface area (Å²) in [6.07, 6.45) is 2.71. The summed E-state index contributed by atoms with van der Waals surface area (Å²) in [5.74, 6) is 0.472. The molecule has 6 heteroatoms. The van der Waals surface area contributed by atoms with Gasteiger partial charge in [0.05, 0.1) is 6.61 Å². The third-order valence-corrected chi connectivity index (χ3v) is 3.93. The van der Waals surface area contributed by atoms with E-state index in [0.717, 1.165) is 25.9 Å². The van der Waals surface area contributed by atoms with E-state index in [1.54, 1.807) is 20.8 Å². The zero-order valence-electron chi connectivity index (χ0n) is 13.5. The molecule has 2 N–H and O–H groups in total. The van der Waals surface area contributed by atoms with Gasteiger partial charge in [0.15, 0.2) is 0 Å². The van der Waals surface area contributed by atoms with E-state index in [1.165, 1.54) is 0 Å². The topological polar surface area (TPSA) is 67.4 Å². The Morgan fingerprint density at radius 2 is 1.90 bits per heavy atom. The smallest absolute Gasteiger partial charge is 0.331 e. The molecule has 0 saturated carbocycles. The molecular weight excluding hydrogens is 292 g/mol. The number of hydrogen-bond donors (Lipinski definition) is 2. The van der Waals surface area contributed by atoms with Gasteiger partial charge in [-0.2, -0.15) is 0 Å². The van der Waals surface area contributed by atoms with Crippen molar-refractivity contribution in [1.29, 1.82) is 0 Å². The number of nitrogens with one attached hydrogen (secondary N) is 2. The van der Waals surface area contributed by atoms with Crippen LogP contribution in [0.25, 0.3) is 0 Å². The molecule has 5 nitrogen and oxygen atoms in total. The second-order valence-corrected chi connectivity index (χ2v) is 6.16. The molecular formula is C15H29ClN2O3. The largest absolute Gasteiger partial charge is 0.464 e. The van der Waals surface area contributed by atoms with Crippen LogP contribution >= 0.6 is 12.4 Å². The summed E-state index contributed by atoms with van der Waals surface area (Å²) >= 11 is 0. The number of hydrogen-bond acceptors (Lipinski definition) is 4. The number of ether oxygens (including phenoxy) is 1. The quantitative estimate of drug-likeness (QED) is 0.733. The Bertz CT molecular complexity index is 342. The molecule has 1 aliphatic heterocycles. The summed E-state index contributed by atoms with van der Waals surface area (Å²) in [5, 5.41) is 6.11. The van der Waals surface area contributed by atoms with Gasteiger partial charge in [-0.25, -0.2) is 4.79 Å². The van der Waals surface area contributed by atoms with Crippen molar-refractivity contribution in [1.82, 2.24) is 10.6 Å². The number of rotatable bonds is 6. The fourth-order valence-electron chi connectivity index (χ4n) is 2.63. The van der Waals surface area contributed by atoms with Gasteiger partial charge in [0.2, 0.25) is 5.91 Å². The highest BCUT2D eigenvalue weighted by atomic mass is 35.5. The lowest BCUT2D eigenvalue weighted by atomic mass is 9.84. The number of halogens is 1. The van der Waals surface area contributed by atoms with Gasteiger partial charge in [0.25, 0.3) is 0 Å². The first-order valence-electron chi connectivity index (χ1n) is 7.55. The first-order chi connectivity index (χ1) is 9.36. The van der Waals surface area contributed by atoms with Crippen molar-refractivity contribution >= 4 is 24.3 Å². The predicted octanol–water partition coefficient (Wildman–Crippen LogP) is 1.89. The SMILES string of the molecule is CCOC(=O)C(C)(C)NC(=O)CC(C)C1CCNCC1.Cl. The lowest BCUT2D eigenvalue weighted by molar-refractivity contribution is -0.151. The van der Waals surface area contributed by atoms with Gasteiger partial charge in [-0.05, 0) is 58.5 Å². The van der Waals surface area contributed by atoms with Crippen molar-refractivity contribution in [3.05, 3.63) is 0 Å². The first-order valence-corrected chi connectivity index (χ1v) is 7.55. The average Bonchev–Trinajstić information content (AvgIpc) is 2.39. The molecule has 0 radical (unpaired) electrons. The second kappa shape index (κ2) is 9.26. The Morgan fingerprint density at radius 1 is 1.33 bits per heavy atom. The molecule has 0 aromatic heterocycles. The maximum atomic E-state index is 12.1. The molecule has 1 amide bonds. The van der Waals surface area contributed by atoms with Crippen LogP contribution in [0, 0.1) is 11.8 Å². The lowest BCUT2D eigenvalue weighted by Crippen LogP contribution is -2.51. The lowest BCUT2D eigenvalue weighted by Gasteiger charge is -2.29. The van der Waals surface area contributed by atoms with Crippen molar-refractivity contribution in [2.45, 2.75) is 52.5 Å². The highest BCUT2D eigenvalue weighted by Gasteiger charge is 2.32. The van der Waals surface area contributed by atoms with E-state index < -0.39 is 5.54 Å². The molecule has 0 aliphatic carbocycles. The molecule has 0 aromatic carbocycles. The normalized spacial score (nSPS) is 17.5. The van der Waals surface area contributed by atoms with Gasteiger partial charge >= 0.3 is 5.97 Å². The van der Waals surface area contributed by atoms with Crippen molar-refractivity contribution < 1.29 is 14.3 Å². The minimum atomic E-state index is -0.957. The van der Waals surface area contributed by atoms with Crippen LogP contribution in [0.2, 0.25) is 0 Å². The highest BCUT2D eigenvalue weighted by molar-refractivity contribution is 5.87. The summed E-state index contributed by atoms with van der Waals surface area (Å²) < 4.78 is 4.97. The third-order valence-electron chi connectivity index (χ3n) is 3.93. The fraction of sp³-hybridized carbons (Fsp3) is 0.867. The molecule has 1 saturated heterocycles. The Hall–Kier alpha value is -0.810. The molecule has 21 heavy (non-hydrogen) atoms. The van der Waals surface area contributed by atoms with E-state index in [0.29, 0.717) is 24.9 Å². The van der Waals surface area contributed by atoms with Gasteiger partial charge in [-0.3, -0.25) is 4.79 Å². The van der Waals surface area contributed by atoms with Crippen LogP contribution in [-0.4, -0.2) is 37.1 Å². The monoisotopic (exact) mass is 320 g/mol. The molecule has 1 unspecified atom stereocenters. The molecule has 124 valence electrons. The fourth-order valence-corrected chi connectivity index (χ4v) is 2.63. The van der Waals surface area contributed by atoms with Crippen LogP contribution in [0.4, 0.5) is 0 Å². The minimum Gasteiger partial charge on any atom is -0.464 e. The van der Waals surface area contributed by atoms with Gasteiger partial charge in [0.1, 0.15) is 5.54 Å². The number of carbonyl (C=O) groups excluding carboxylic acids is 2. The zero-order chi connectivity index (χ0) is 15.2. The maximum Gasteiger partial charge on any atom is 0.331 e. The van der Waals surface area contributed by atoms with Crippen LogP contribution < -0.4 is 10.6 Å². The Morgan fingerprint density at radius 3 is 2.43 bits per heavy atom. The Kier molecular flexibility index (Phi) is 8.90. The average molecular weight is 321 g/mol. The number of piperidine rings is 1. The van der Waals surface area contributed by atoms with Gasteiger partial charge < -0.3 is 15.4 Å². The van der Waals surface area contributed by atoms with Crippen molar-refractivity contribution in [3.8, 4) is 0 Å².